The zero-order valence-corrected chi connectivity index (χ0v) is 15.4. The number of rotatable bonds is 4. The largest absolute Gasteiger partial charge is 0.454 e. The zero-order chi connectivity index (χ0) is 20.8. The van der Waals surface area contributed by atoms with Crippen LogP contribution in [0.15, 0.2) is 36.7 Å². The van der Waals surface area contributed by atoms with Crippen LogP contribution in [0.3, 0.4) is 0 Å². The summed E-state index contributed by atoms with van der Waals surface area (Å²) in [5, 5.41) is 10.7. The fourth-order valence-corrected chi connectivity index (χ4v) is 3.09. The van der Waals surface area contributed by atoms with E-state index in [9.17, 15) is 13.2 Å². The van der Waals surface area contributed by atoms with E-state index in [0.29, 0.717) is 5.69 Å². The summed E-state index contributed by atoms with van der Waals surface area (Å²) in [4.78, 5) is 8.00. The summed E-state index contributed by atoms with van der Waals surface area (Å²) >= 11 is 0. The van der Waals surface area contributed by atoms with Gasteiger partial charge in [-0.25, -0.2) is 9.37 Å². The van der Waals surface area contributed by atoms with Gasteiger partial charge in [-0.3, -0.25) is 4.68 Å². The van der Waals surface area contributed by atoms with Gasteiger partial charge in [0.2, 0.25) is 24.4 Å². The van der Waals surface area contributed by atoms with E-state index in [1.807, 2.05) is 19.2 Å². The Morgan fingerprint density at radius 1 is 1.03 bits per heavy atom. The molecule has 2 bridgehead atoms. The van der Waals surface area contributed by atoms with Crippen molar-refractivity contribution in [1.29, 1.82) is 0 Å². The number of fused-ring (bicyclic) bond motifs is 5. The summed E-state index contributed by atoms with van der Waals surface area (Å²) in [7, 11) is 1.83. The maximum Gasteiger partial charge on any atom is 0.231 e. The van der Waals surface area contributed by atoms with Crippen LogP contribution in [0, 0.1) is 17.5 Å². The molecule has 2 aromatic carbocycles. The van der Waals surface area contributed by atoms with Gasteiger partial charge in [-0.15, -0.1) is 0 Å². The van der Waals surface area contributed by atoms with E-state index in [2.05, 4.69) is 25.7 Å². The van der Waals surface area contributed by atoms with Crippen LogP contribution in [0.1, 0.15) is 0 Å². The molecule has 2 aliphatic heterocycles. The maximum atomic E-state index is 14.3. The summed E-state index contributed by atoms with van der Waals surface area (Å²) in [5.74, 6) is -4.13. The van der Waals surface area contributed by atoms with E-state index in [-0.39, 0.29) is 30.0 Å². The molecule has 0 radical (unpaired) electrons. The molecule has 0 atom stereocenters. The van der Waals surface area contributed by atoms with Crippen molar-refractivity contribution in [1.82, 2.24) is 19.7 Å². The molecular formula is C19H13F3N6O2. The monoisotopic (exact) mass is 414 g/mol. The predicted octanol–water partition coefficient (Wildman–Crippen LogP) is 4.00. The van der Waals surface area contributed by atoms with Crippen LogP contribution in [-0.2, 0) is 7.05 Å². The van der Waals surface area contributed by atoms with E-state index in [1.54, 1.807) is 16.9 Å². The molecular weight excluding hydrogens is 401 g/mol. The number of ether oxygens (including phenoxy) is 2. The number of aryl methyl sites for hydroxylation is 1. The lowest BCUT2D eigenvalue weighted by molar-refractivity contribution is 0.123. The van der Waals surface area contributed by atoms with Crippen molar-refractivity contribution in [2.24, 2.45) is 7.05 Å². The van der Waals surface area contributed by atoms with E-state index >= 15 is 0 Å². The normalized spacial score (nSPS) is 12.4. The Kier molecular flexibility index (Phi) is 4.09. The second-order valence-corrected chi connectivity index (χ2v) is 6.47. The number of halogens is 3. The number of nitrogens with one attached hydrogen (secondary N) is 2. The van der Waals surface area contributed by atoms with Crippen LogP contribution >= 0.6 is 0 Å². The number of aromatic nitrogens is 4. The quantitative estimate of drug-likeness (QED) is 0.522. The van der Waals surface area contributed by atoms with Crippen LogP contribution in [0.2, 0.25) is 0 Å². The van der Waals surface area contributed by atoms with Crippen molar-refractivity contribution >= 4 is 34.0 Å². The lowest BCUT2D eigenvalue weighted by Gasteiger charge is -2.12. The fourth-order valence-electron chi connectivity index (χ4n) is 3.09. The van der Waals surface area contributed by atoms with Crippen LogP contribution in [0.4, 0.5) is 36.3 Å². The molecule has 11 heteroatoms. The second kappa shape index (κ2) is 6.79. The van der Waals surface area contributed by atoms with Crippen molar-refractivity contribution in [3.05, 3.63) is 54.1 Å². The third kappa shape index (κ3) is 3.00. The Morgan fingerprint density at radius 3 is 2.77 bits per heavy atom. The topological polar surface area (TPSA) is 86.1 Å². The first kappa shape index (κ1) is 18.0. The first-order valence-electron chi connectivity index (χ1n) is 8.75. The molecule has 30 heavy (non-hydrogen) atoms. The van der Waals surface area contributed by atoms with Gasteiger partial charge in [0, 0.05) is 24.2 Å². The molecule has 0 saturated heterocycles. The Labute approximate surface area is 167 Å². The maximum absolute atomic E-state index is 14.3. The zero-order valence-electron chi connectivity index (χ0n) is 15.4. The molecule has 152 valence electrons. The standard InChI is InChI=1S/C19H13F3N6O2/c1-28-13-3-2-10(4-9(13)6-24-28)25-19-23-7-11(20)18(27-19)26-12-5-14-15(21)16(22)17(12)30-8-29-14/h2-7H,8H2,1H3,(H2,23,25,26,27). The molecule has 2 N–H and O–H groups in total. The summed E-state index contributed by atoms with van der Waals surface area (Å²) in [6.45, 7) is -0.372. The summed E-state index contributed by atoms with van der Waals surface area (Å²) in [5.41, 5.74) is 1.58. The minimum atomic E-state index is -1.23. The summed E-state index contributed by atoms with van der Waals surface area (Å²) in [6, 6.07) is 6.69. The van der Waals surface area contributed by atoms with Gasteiger partial charge < -0.3 is 20.1 Å². The SMILES string of the molecule is Cn1ncc2cc(Nc3ncc(F)c(Nc4cc5c(F)c(F)c4OCO5)n3)ccc21. The average Bonchev–Trinajstić information content (AvgIpc) is 2.90. The van der Waals surface area contributed by atoms with Gasteiger partial charge in [0.25, 0.3) is 0 Å². The molecule has 4 heterocycles. The lowest BCUT2D eigenvalue weighted by atomic mass is 10.2. The highest BCUT2D eigenvalue weighted by Gasteiger charge is 2.25. The van der Waals surface area contributed by atoms with Gasteiger partial charge in [-0.2, -0.15) is 18.9 Å². The van der Waals surface area contributed by atoms with E-state index in [1.165, 1.54) is 6.07 Å². The highest BCUT2D eigenvalue weighted by molar-refractivity contribution is 5.83. The molecule has 8 nitrogen and oxygen atoms in total. The van der Waals surface area contributed by atoms with Gasteiger partial charge in [0.15, 0.2) is 23.1 Å². The van der Waals surface area contributed by atoms with Crippen molar-refractivity contribution in [3.8, 4) is 11.5 Å². The van der Waals surface area contributed by atoms with Crippen LogP contribution in [0.5, 0.6) is 11.5 Å². The fraction of sp³-hybridized carbons (Fsp3) is 0.105. The van der Waals surface area contributed by atoms with Gasteiger partial charge in [0.1, 0.15) is 0 Å². The molecule has 0 aliphatic carbocycles. The number of hydrogen-bond acceptors (Lipinski definition) is 7. The average molecular weight is 414 g/mol. The van der Waals surface area contributed by atoms with Crippen molar-refractivity contribution < 1.29 is 22.6 Å². The molecule has 6 rings (SSSR count). The number of hydrogen-bond donors (Lipinski definition) is 2. The van der Waals surface area contributed by atoms with Crippen LogP contribution in [-0.4, -0.2) is 26.5 Å². The third-order valence-corrected chi connectivity index (χ3v) is 4.55. The van der Waals surface area contributed by atoms with Crippen LogP contribution < -0.4 is 20.1 Å². The number of anilines is 4. The Morgan fingerprint density at radius 2 is 1.90 bits per heavy atom. The predicted molar refractivity (Wildman–Crippen MR) is 102 cm³/mol. The van der Waals surface area contributed by atoms with Crippen molar-refractivity contribution in [2.75, 3.05) is 17.4 Å². The first-order chi connectivity index (χ1) is 14.5. The van der Waals surface area contributed by atoms with E-state index in [0.717, 1.165) is 17.1 Å². The summed E-state index contributed by atoms with van der Waals surface area (Å²) < 4.78 is 53.9. The second-order valence-electron chi connectivity index (χ2n) is 6.47. The van der Waals surface area contributed by atoms with Gasteiger partial charge in [-0.1, -0.05) is 0 Å². The van der Waals surface area contributed by atoms with E-state index < -0.39 is 23.2 Å². The molecule has 4 aromatic rings. The number of nitrogens with zero attached hydrogens (tertiary/aromatic N) is 4. The van der Waals surface area contributed by atoms with Gasteiger partial charge in [-0.05, 0) is 18.2 Å². The minimum absolute atomic E-state index is 0.0262. The Hall–Kier alpha value is -4.02. The highest BCUT2D eigenvalue weighted by Crippen LogP contribution is 2.39. The minimum Gasteiger partial charge on any atom is -0.454 e. The van der Waals surface area contributed by atoms with E-state index in [4.69, 9.17) is 9.47 Å². The summed E-state index contributed by atoms with van der Waals surface area (Å²) in [6.07, 6.45) is 2.67. The molecule has 2 aromatic heterocycles. The number of benzene rings is 2. The Balaban J connectivity index is 1.45. The Bertz CT molecular complexity index is 1290. The highest BCUT2D eigenvalue weighted by atomic mass is 19.2. The lowest BCUT2D eigenvalue weighted by Crippen LogP contribution is -2.05. The van der Waals surface area contributed by atoms with Gasteiger partial charge in [0.05, 0.1) is 23.6 Å². The molecule has 2 aliphatic rings. The molecule has 0 spiro atoms. The van der Waals surface area contributed by atoms with Crippen LogP contribution in [0.25, 0.3) is 10.9 Å². The molecule has 0 amide bonds. The third-order valence-electron chi connectivity index (χ3n) is 4.55. The van der Waals surface area contributed by atoms with Crippen molar-refractivity contribution in [2.45, 2.75) is 0 Å². The molecule has 0 saturated carbocycles. The first-order valence-corrected chi connectivity index (χ1v) is 8.75. The molecule has 0 fully saturated rings. The van der Waals surface area contributed by atoms with Crippen molar-refractivity contribution in [3.63, 3.8) is 0 Å². The van der Waals surface area contributed by atoms with Gasteiger partial charge >= 0.3 is 0 Å². The molecule has 0 unspecified atom stereocenters. The smallest absolute Gasteiger partial charge is 0.231 e.